The molecule has 9 rings (SSSR count). The largest absolute Gasteiger partial charge is 0.494 e. The van der Waals surface area contributed by atoms with Gasteiger partial charge >= 0.3 is 41.8 Å². The Hall–Kier alpha value is -9.90. The first-order chi connectivity index (χ1) is 53.0. The zero-order chi connectivity index (χ0) is 77.4. The molecule has 0 radical (unpaired) electrons. The van der Waals surface area contributed by atoms with Gasteiger partial charge in [0.2, 0.25) is 0 Å². The van der Waals surface area contributed by atoms with E-state index in [4.69, 9.17) is 42.6 Å². The van der Waals surface area contributed by atoms with Crippen molar-refractivity contribution in [1.29, 1.82) is 0 Å². The highest BCUT2D eigenvalue weighted by molar-refractivity contribution is 14.1. The maximum Gasteiger partial charge on any atom is 0.343 e. The number of hydrogen-bond donors (Lipinski definition) is 0. The number of esters is 7. The van der Waals surface area contributed by atoms with Crippen molar-refractivity contribution < 1.29 is 76.2 Å². The lowest BCUT2D eigenvalue weighted by Crippen LogP contribution is -2.39. The third-order valence-corrected chi connectivity index (χ3v) is 20.7. The van der Waals surface area contributed by atoms with Crippen LogP contribution in [0.4, 0.5) is 0 Å². The van der Waals surface area contributed by atoms with Gasteiger partial charge in [0, 0.05) is 34.4 Å². The topological polar surface area (TPSA) is 203 Å². The second-order valence-corrected chi connectivity index (χ2v) is 29.0. The summed E-state index contributed by atoms with van der Waals surface area (Å²) in [7, 11) is 0. The Morgan fingerprint density at radius 3 is 1.39 bits per heavy atom. The summed E-state index contributed by atoms with van der Waals surface area (Å²) >= 11 is 2.02. The minimum absolute atomic E-state index is 0.236. The Morgan fingerprint density at radius 1 is 0.431 bits per heavy atom. The van der Waals surface area contributed by atoms with E-state index in [-0.39, 0.29) is 23.8 Å². The molecular weight excluding hydrogens is 1490 g/mol. The van der Waals surface area contributed by atoms with Crippen LogP contribution in [0.25, 0.3) is 0 Å². The quantitative estimate of drug-likeness (QED) is 0.00701. The Bertz CT molecular complexity index is 4120. The number of ether oxygens (including phenoxy) is 9. The van der Waals surface area contributed by atoms with Crippen LogP contribution in [0.3, 0.4) is 0 Å². The van der Waals surface area contributed by atoms with Crippen molar-refractivity contribution in [2.45, 2.75) is 187 Å². The molecule has 574 valence electrons. The predicted octanol–water partition coefficient (Wildman–Crippen LogP) is 19.7. The number of carbonyl (C=O) groups is 7. The standard InChI is InChI=1S/C57H64O8.C35H39IO8/c1-4-10-42-12-14-44(15-13-42)16-17-45-18-20-46(21-19-45)34-37-57(38-35-48(36-39-57)47-24-22-43(11-5-2)23-25-47)65-56(61)51-30-32-52(33-31-51)64-55(60)50-28-26-49(27-29-50)54(59)63-41-9-7-8-40-62-53(58)6-3;1-3-5-6-9-22-41-29-17-19-30(20-18-29)43-35(39)27-14-21-32(31(36)25-27)44-34(38)26-12-15-28(16-13-26)40-23-10-7-8-11-24-42-33(37)4-2/h6,12-15,18-21,30-33,43,47-50H,3,5,7-9,11,22-29,35-36,38-41H2,1-2H3;4,12-21,25H,2-3,5-11,22-24H2,1H3. The number of carbonyl (C=O) groups excluding carboxylic acids is 7. The minimum Gasteiger partial charge on any atom is -0.494 e. The summed E-state index contributed by atoms with van der Waals surface area (Å²) in [6, 6.07) is 40.8. The zero-order valence-electron chi connectivity index (χ0n) is 63.4. The van der Waals surface area contributed by atoms with E-state index in [9.17, 15) is 33.6 Å². The van der Waals surface area contributed by atoms with Crippen LogP contribution in [0.5, 0.6) is 28.7 Å². The van der Waals surface area contributed by atoms with Crippen LogP contribution < -0.4 is 23.7 Å². The first-order valence-corrected chi connectivity index (χ1v) is 39.8. The molecule has 6 aromatic rings. The first kappa shape index (κ1) is 84.7. The summed E-state index contributed by atoms with van der Waals surface area (Å²) in [4.78, 5) is 87.2. The molecule has 0 unspecified atom stereocenters. The fraction of sp³-hybridized carbons (Fsp3) is 0.424. The van der Waals surface area contributed by atoms with Crippen LogP contribution in [-0.2, 0) is 38.1 Å². The molecule has 6 aromatic carbocycles. The second kappa shape index (κ2) is 46.5. The predicted molar refractivity (Wildman–Crippen MR) is 429 cm³/mol. The molecule has 0 atom stereocenters. The number of hydrogen-bond acceptors (Lipinski definition) is 16. The van der Waals surface area contributed by atoms with E-state index >= 15 is 0 Å². The molecule has 17 heteroatoms. The van der Waals surface area contributed by atoms with E-state index in [0.29, 0.717) is 134 Å². The number of rotatable bonds is 34. The average molecular weight is 1590 g/mol. The highest BCUT2D eigenvalue weighted by Crippen LogP contribution is 2.45. The van der Waals surface area contributed by atoms with Crippen molar-refractivity contribution in [3.05, 3.63) is 207 Å². The van der Waals surface area contributed by atoms with E-state index < -0.39 is 35.4 Å². The van der Waals surface area contributed by atoms with Crippen molar-refractivity contribution in [3.8, 4) is 64.3 Å². The van der Waals surface area contributed by atoms with E-state index in [1.165, 1.54) is 51.4 Å². The lowest BCUT2D eigenvalue weighted by molar-refractivity contribution is -0.152. The van der Waals surface area contributed by atoms with Gasteiger partial charge < -0.3 is 42.6 Å². The monoisotopic (exact) mass is 1590 g/mol. The normalized spacial score (nSPS) is 17.6. The Morgan fingerprint density at radius 2 is 0.862 bits per heavy atom. The molecule has 3 aliphatic rings. The minimum atomic E-state index is -0.917. The molecule has 0 heterocycles. The maximum atomic E-state index is 13.8. The molecule has 0 N–H and O–H groups in total. The van der Waals surface area contributed by atoms with Crippen molar-refractivity contribution in [1.82, 2.24) is 0 Å². The molecule has 0 aliphatic heterocycles. The van der Waals surface area contributed by atoms with Gasteiger partial charge in [-0.05, 0) is 308 Å². The van der Waals surface area contributed by atoms with Gasteiger partial charge in [0.15, 0.2) is 5.60 Å². The summed E-state index contributed by atoms with van der Waals surface area (Å²) in [5.41, 5.74) is 3.76. The van der Waals surface area contributed by atoms with Gasteiger partial charge in [0.05, 0.1) is 65.1 Å². The van der Waals surface area contributed by atoms with Gasteiger partial charge in [0.1, 0.15) is 28.7 Å². The van der Waals surface area contributed by atoms with Crippen LogP contribution >= 0.6 is 22.6 Å². The van der Waals surface area contributed by atoms with E-state index in [2.05, 4.69) is 62.5 Å². The van der Waals surface area contributed by atoms with Crippen molar-refractivity contribution in [3.63, 3.8) is 0 Å². The third-order valence-electron chi connectivity index (χ3n) is 19.8. The maximum absolute atomic E-state index is 13.8. The van der Waals surface area contributed by atoms with Crippen LogP contribution in [0.1, 0.15) is 235 Å². The number of benzene rings is 6. The SMILES string of the molecule is C=CC(=O)OCCCCCCOc1ccc(C(=O)Oc2ccc(C(=O)Oc3ccc(OCCCCCC)cc3)cc2I)cc1.C=CC(=O)OCCCCCOC(=O)C1CCC(C(=O)Oc2ccc(C(=O)OC3(C#Cc4ccc(C#Cc5ccc(C#CC)cc5)cc4)CCC(C4CCC(CCC)CC4)CC3)cc2)CC1. The van der Waals surface area contributed by atoms with Crippen LogP contribution in [-0.4, -0.2) is 80.4 Å². The lowest BCUT2D eigenvalue weighted by atomic mass is 9.67. The second-order valence-electron chi connectivity index (χ2n) is 27.9. The van der Waals surface area contributed by atoms with Gasteiger partial charge in [0.25, 0.3) is 0 Å². The summed E-state index contributed by atoms with van der Waals surface area (Å²) in [5.74, 6) is 20.4. The molecule has 0 amide bonds. The Balaban J connectivity index is 0.000000296. The van der Waals surface area contributed by atoms with E-state index in [1.54, 1.807) is 91.0 Å². The van der Waals surface area contributed by atoms with Crippen LogP contribution in [0.15, 0.2) is 165 Å². The molecule has 0 aromatic heterocycles. The summed E-state index contributed by atoms with van der Waals surface area (Å²) in [6.07, 6.45) is 25.8. The fourth-order valence-electron chi connectivity index (χ4n) is 13.5. The van der Waals surface area contributed by atoms with Gasteiger partial charge in [-0.1, -0.05) is 95.6 Å². The molecule has 0 spiro atoms. The van der Waals surface area contributed by atoms with Crippen LogP contribution in [0, 0.1) is 68.7 Å². The molecule has 109 heavy (non-hydrogen) atoms. The van der Waals surface area contributed by atoms with Crippen molar-refractivity contribution >= 4 is 64.4 Å². The van der Waals surface area contributed by atoms with Crippen LogP contribution in [0.2, 0.25) is 0 Å². The summed E-state index contributed by atoms with van der Waals surface area (Å²) in [5, 5.41) is 0. The molecule has 16 nitrogen and oxygen atoms in total. The zero-order valence-corrected chi connectivity index (χ0v) is 65.5. The van der Waals surface area contributed by atoms with E-state index in [0.717, 1.165) is 110 Å². The molecular formula is C92H103IO16. The summed E-state index contributed by atoms with van der Waals surface area (Å²) < 4.78 is 50.7. The summed E-state index contributed by atoms with van der Waals surface area (Å²) in [6.45, 7) is 15.2. The molecule has 0 bridgehead atoms. The van der Waals surface area contributed by atoms with Gasteiger partial charge in [-0.2, -0.15) is 0 Å². The molecule has 3 aliphatic carbocycles. The Kier molecular flexibility index (Phi) is 36.1. The average Bonchev–Trinajstić information content (AvgIpc) is 0.814. The Labute approximate surface area is 657 Å². The number of halogens is 1. The van der Waals surface area contributed by atoms with E-state index in [1.807, 2.05) is 78.0 Å². The van der Waals surface area contributed by atoms with Crippen molar-refractivity contribution in [2.75, 3.05) is 33.0 Å². The van der Waals surface area contributed by atoms with Gasteiger partial charge in [-0.25, -0.2) is 24.0 Å². The number of unbranched alkanes of at least 4 members (excludes halogenated alkanes) is 8. The fourth-order valence-corrected chi connectivity index (χ4v) is 14.1. The lowest BCUT2D eigenvalue weighted by Gasteiger charge is -2.41. The third kappa shape index (κ3) is 29.5. The van der Waals surface area contributed by atoms with Crippen molar-refractivity contribution in [2.24, 2.45) is 29.6 Å². The highest BCUT2D eigenvalue weighted by Gasteiger charge is 2.41. The highest BCUT2D eigenvalue weighted by atomic mass is 127. The molecule has 0 saturated heterocycles. The smallest absolute Gasteiger partial charge is 0.343 e. The molecule has 3 saturated carbocycles. The molecule has 3 fully saturated rings. The van der Waals surface area contributed by atoms with Gasteiger partial charge in [-0.3, -0.25) is 9.59 Å². The first-order valence-electron chi connectivity index (χ1n) is 38.7. The van der Waals surface area contributed by atoms with Gasteiger partial charge in [-0.15, -0.1) is 5.92 Å².